The van der Waals surface area contributed by atoms with Gasteiger partial charge in [-0.05, 0) is 40.3 Å². The lowest BCUT2D eigenvalue weighted by atomic mass is 10.1. The molecule has 0 atom stereocenters. The smallest absolute Gasteiger partial charge is 0.302 e. The van der Waals surface area contributed by atoms with E-state index in [1.807, 2.05) is 53.2 Å². The highest BCUT2D eigenvalue weighted by atomic mass is 127. The fourth-order valence-electron chi connectivity index (χ4n) is 2.06. The Labute approximate surface area is 135 Å². The Morgan fingerprint density at radius 2 is 1.95 bits per heavy atom. The molecular weight excluding hydrogens is 379 g/mol. The maximum Gasteiger partial charge on any atom is 0.302 e. The van der Waals surface area contributed by atoms with E-state index < -0.39 is 0 Å². The molecule has 3 aromatic rings. The summed E-state index contributed by atoms with van der Waals surface area (Å²) in [5.74, 6) is -0.269. The Morgan fingerprint density at radius 3 is 2.67 bits per heavy atom. The molecule has 0 radical (unpaired) electrons. The van der Waals surface area contributed by atoms with Crippen LogP contribution in [0, 0.1) is 3.57 Å². The zero-order valence-electron chi connectivity index (χ0n) is 11.4. The number of fused-ring (bicyclic) bond motifs is 1. The fourth-order valence-corrected chi connectivity index (χ4v) is 2.54. The van der Waals surface area contributed by atoms with Crippen LogP contribution in [0.15, 0.2) is 48.8 Å². The van der Waals surface area contributed by atoms with Crippen molar-refractivity contribution >= 4 is 34.2 Å². The maximum absolute atomic E-state index is 10.8. The van der Waals surface area contributed by atoms with Crippen molar-refractivity contribution in [3.05, 3.63) is 57.9 Å². The molecule has 3 rings (SSSR count). The molecule has 4 nitrogen and oxygen atoms in total. The first-order valence-corrected chi connectivity index (χ1v) is 7.56. The summed E-state index contributed by atoms with van der Waals surface area (Å²) in [7, 11) is 0. The minimum absolute atomic E-state index is 0.269. The molecule has 0 N–H and O–H groups in total. The zero-order valence-corrected chi connectivity index (χ0v) is 13.6. The van der Waals surface area contributed by atoms with Gasteiger partial charge in [0.25, 0.3) is 0 Å². The largest absolute Gasteiger partial charge is 0.461 e. The molecule has 1 aromatic carbocycles. The number of hydrogen-bond donors (Lipinski definition) is 0. The van der Waals surface area contributed by atoms with Crippen molar-refractivity contribution in [3.63, 3.8) is 0 Å². The molecule has 0 bridgehead atoms. The number of hydrogen-bond acceptors (Lipinski definition) is 3. The number of halogens is 1. The van der Waals surface area contributed by atoms with Crippen LogP contribution in [-0.2, 0) is 16.1 Å². The summed E-state index contributed by atoms with van der Waals surface area (Å²) in [4.78, 5) is 15.4. The van der Waals surface area contributed by atoms with Crippen LogP contribution in [0.2, 0.25) is 0 Å². The molecule has 5 heteroatoms. The molecule has 0 fully saturated rings. The normalized spacial score (nSPS) is 10.8. The second kappa shape index (κ2) is 5.85. The summed E-state index contributed by atoms with van der Waals surface area (Å²) in [6, 6.07) is 11.9. The monoisotopic (exact) mass is 392 g/mol. The summed E-state index contributed by atoms with van der Waals surface area (Å²) < 4.78 is 8.16. The summed E-state index contributed by atoms with van der Waals surface area (Å²) in [6.07, 6.45) is 4.06. The minimum Gasteiger partial charge on any atom is -0.461 e. The van der Waals surface area contributed by atoms with Crippen molar-refractivity contribution in [1.82, 2.24) is 9.38 Å². The van der Waals surface area contributed by atoms with E-state index in [9.17, 15) is 4.79 Å². The predicted molar refractivity (Wildman–Crippen MR) is 88.8 cm³/mol. The number of nitrogens with zero attached hydrogens (tertiary/aromatic N) is 2. The molecule has 21 heavy (non-hydrogen) atoms. The highest BCUT2D eigenvalue weighted by Crippen LogP contribution is 2.20. The number of aromatic nitrogens is 2. The molecule has 106 valence electrons. The zero-order chi connectivity index (χ0) is 14.8. The summed E-state index contributed by atoms with van der Waals surface area (Å²) >= 11 is 2.28. The topological polar surface area (TPSA) is 43.6 Å². The van der Waals surface area contributed by atoms with Gasteiger partial charge >= 0.3 is 5.97 Å². The molecule has 0 saturated heterocycles. The quantitative estimate of drug-likeness (QED) is 0.505. The molecular formula is C16H13IN2O2. The second-order valence-electron chi connectivity index (χ2n) is 4.72. The van der Waals surface area contributed by atoms with Crippen molar-refractivity contribution in [3.8, 4) is 11.3 Å². The molecule has 0 aliphatic rings. The van der Waals surface area contributed by atoms with Gasteiger partial charge in [0.05, 0.1) is 5.69 Å². The number of esters is 1. The van der Waals surface area contributed by atoms with Crippen molar-refractivity contribution in [2.45, 2.75) is 13.5 Å². The Balaban J connectivity index is 1.86. The van der Waals surface area contributed by atoms with Crippen LogP contribution in [0.5, 0.6) is 0 Å². The Kier molecular flexibility index (Phi) is 3.92. The number of pyridine rings is 1. The summed E-state index contributed by atoms with van der Waals surface area (Å²) in [5, 5.41) is 0. The summed E-state index contributed by atoms with van der Waals surface area (Å²) in [6.45, 7) is 1.71. The first-order chi connectivity index (χ1) is 10.1. The van der Waals surface area contributed by atoms with Crippen LogP contribution in [-0.4, -0.2) is 15.4 Å². The third-order valence-corrected chi connectivity index (χ3v) is 3.74. The number of carbonyl (C=O) groups is 1. The van der Waals surface area contributed by atoms with E-state index in [1.165, 1.54) is 10.5 Å². The van der Waals surface area contributed by atoms with E-state index in [-0.39, 0.29) is 5.97 Å². The van der Waals surface area contributed by atoms with E-state index >= 15 is 0 Å². The van der Waals surface area contributed by atoms with Gasteiger partial charge in [-0.3, -0.25) is 4.79 Å². The molecule has 0 saturated carbocycles. The predicted octanol–water partition coefficient (Wildman–Crippen LogP) is 3.67. The molecule has 0 amide bonds. The first-order valence-electron chi connectivity index (χ1n) is 6.49. The molecule has 0 aliphatic carbocycles. The van der Waals surface area contributed by atoms with Crippen LogP contribution in [0.25, 0.3) is 16.9 Å². The molecule has 0 aliphatic heterocycles. The van der Waals surface area contributed by atoms with Crippen LogP contribution in [0.4, 0.5) is 0 Å². The lowest BCUT2D eigenvalue weighted by molar-refractivity contribution is -0.142. The van der Waals surface area contributed by atoms with Crippen LogP contribution in [0.1, 0.15) is 12.5 Å². The van der Waals surface area contributed by atoms with Gasteiger partial charge in [-0.25, -0.2) is 4.98 Å². The Morgan fingerprint density at radius 1 is 1.19 bits per heavy atom. The van der Waals surface area contributed by atoms with Gasteiger partial charge < -0.3 is 9.14 Å². The fraction of sp³-hybridized carbons (Fsp3) is 0.125. The highest BCUT2D eigenvalue weighted by molar-refractivity contribution is 14.1. The second-order valence-corrected chi connectivity index (χ2v) is 5.96. The molecule has 0 unspecified atom stereocenters. The van der Waals surface area contributed by atoms with Crippen molar-refractivity contribution < 1.29 is 9.53 Å². The van der Waals surface area contributed by atoms with E-state index in [1.54, 1.807) is 0 Å². The lowest BCUT2D eigenvalue weighted by Gasteiger charge is -2.02. The molecule has 2 aromatic heterocycles. The first kappa shape index (κ1) is 14.1. The standard InChI is InChI=1S/C16H13IN2O2/c1-11(20)21-10-12-2-4-13(5-3-12)15-9-19-8-14(17)6-7-16(19)18-15/h2-9H,10H2,1H3. The van der Waals surface area contributed by atoms with Crippen molar-refractivity contribution in [1.29, 1.82) is 0 Å². The van der Waals surface area contributed by atoms with E-state index in [0.717, 1.165) is 22.5 Å². The van der Waals surface area contributed by atoms with Crippen LogP contribution >= 0.6 is 22.6 Å². The third kappa shape index (κ3) is 3.24. The average Bonchev–Trinajstić information content (AvgIpc) is 2.88. The van der Waals surface area contributed by atoms with Gasteiger partial charge in [0, 0.05) is 28.5 Å². The Hall–Kier alpha value is -1.89. The number of ether oxygens (including phenoxy) is 1. The minimum atomic E-state index is -0.269. The number of imidazole rings is 1. The third-order valence-electron chi connectivity index (χ3n) is 3.11. The van der Waals surface area contributed by atoms with Gasteiger partial charge in [0.1, 0.15) is 12.3 Å². The van der Waals surface area contributed by atoms with Gasteiger partial charge in [-0.1, -0.05) is 24.3 Å². The van der Waals surface area contributed by atoms with Crippen molar-refractivity contribution in [2.75, 3.05) is 0 Å². The maximum atomic E-state index is 10.8. The van der Waals surface area contributed by atoms with Gasteiger partial charge in [0.15, 0.2) is 0 Å². The number of benzene rings is 1. The van der Waals surface area contributed by atoms with E-state index in [4.69, 9.17) is 4.74 Å². The molecule has 0 spiro atoms. The molecule has 2 heterocycles. The lowest BCUT2D eigenvalue weighted by Crippen LogP contribution is -1.98. The van der Waals surface area contributed by atoms with Crippen molar-refractivity contribution in [2.24, 2.45) is 0 Å². The van der Waals surface area contributed by atoms with Crippen LogP contribution < -0.4 is 0 Å². The van der Waals surface area contributed by atoms with Gasteiger partial charge in [-0.15, -0.1) is 0 Å². The van der Waals surface area contributed by atoms with Gasteiger partial charge in [0.2, 0.25) is 0 Å². The number of carbonyl (C=O) groups excluding carboxylic acids is 1. The highest BCUT2D eigenvalue weighted by Gasteiger charge is 2.05. The SMILES string of the molecule is CC(=O)OCc1ccc(-c2cn3cc(I)ccc3n2)cc1. The van der Waals surface area contributed by atoms with E-state index in [2.05, 4.69) is 27.6 Å². The van der Waals surface area contributed by atoms with E-state index in [0.29, 0.717) is 6.61 Å². The Bertz CT molecular complexity index is 794. The summed E-state index contributed by atoms with van der Waals surface area (Å²) in [5.41, 5.74) is 3.86. The number of rotatable bonds is 3. The van der Waals surface area contributed by atoms with Gasteiger partial charge in [-0.2, -0.15) is 0 Å². The average molecular weight is 392 g/mol. The van der Waals surface area contributed by atoms with Crippen LogP contribution in [0.3, 0.4) is 0 Å².